The zero-order valence-corrected chi connectivity index (χ0v) is 12.1. The Labute approximate surface area is 120 Å². The van der Waals surface area contributed by atoms with E-state index in [9.17, 15) is 14.4 Å². The monoisotopic (exact) mass is 293 g/mol. The number of ketones is 2. The molecule has 106 valence electrons. The quantitative estimate of drug-likeness (QED) is 0.631. The summed E-state index contributed by atoms with van der Waals surface area (Å²) in [5.41, 5.74) is 0. The minimum atomic E-state index is -0.754. The third-order valence-electron chi connectivity index (χ3n) is 2.82. The lowest BCUT2D eigenvalue weighted by molar-refractivity contribution is -0.124. The first kappa shape index (κ1) is 14.6. The second kappa shape index (κ2) is 6.13. The highest BCUT2D eigenvalue weighted by atomic mass is 32.2. The summed E-state index contributed by atoms with van der Waals surface area (Å²) in [6.45, 7) is 2.74. The lowest BCUT2D eigenvalue weighted by atomic mass is 10.2. The van der Waals surface area contributed by atoms with Crippen molar-refractivity contribution in [2.75, 3.05) is 5.32 Å². The molecule has 0 radical (unpaired) electrons. The second-order valence-electron chi connectivity index (χ2n) is 4.74. The summed E-state index contributed by atoms with van der Waals surface area (Å²) in [6.07, 6.45) is 1.85. The molecule has 1 aliphatic rings. The van der Waals surface area contributed by atoms with Gasteiger partial charge in [-0.05, 0) is 38.8 Å². The molecule has 1 aliphatic carbocycles. The zero-order chi connectivity index (χ0) is 14.7. The van der Waals surface area contributed by atoms with E-state index in [1.807, 2.05) is 0 Å². The summed E-state index contributed by atoms with van der Waals surface area (Å²) >= 11 is 1.07. The van der Waals surface area contributed by atoms with E-state index in [0.29, 0.717) is 10.8 Å². The van der Waals surface area contributed by atoms with Gasteiger partial charge in [0.25, 0.3) is 0 Å². The van der Waals surface area contributed by atoms with Gasteiger partial charge in [0.2, 0.25) is 5.91 Å². The number of rotatable bonds is 6. The standard InChI is InChI=1S/C13H15N3O3S/c1-7(17)12(8(2)18)20-11-6-5-10(15-16-11)14-13(19)9-3-4-9/h5-6,9,12H,3-4H2,1-2H3,(H,14,15,19). The largest absolute Gasteiger partial charge is 0.309 e. The van der Waals surface area contributed by atoms with Gasteiger partial charge >= 0.3 is 0 Å². The van der Waals surface area contributed by atoms with Crippen LogP contribution < -0.4 is 5.32 Å². The number of nitrogens with one attached hydrogen (secondary N) is 1. The van der Waals surface area contributed by atoms with Gasteiger partial charge in [-0.1, -0.05) is 11.8 Å². The smallest absolute Gasteiger partial charge is 0.228 e. The normalized spacial score (nSPS) is 14.2. The summed E-state index contributed by atoms with van der Waals surface area (Å²) in [6, 6.07) is 3.26. The predicted octanol–water partition coefficient (Wildman–Crippen LogP) is 1.46. The Kier molecular flexibility index (Phi) is 4.49. The van der Waals surface area contributed by atoms with Crippen LogP contribution in [0.2, 0.25) is 0 Å². The summed E-state index contributed by atoms with van der Waals surface area (Å²) < 4.78 is 0. The summed E-state index contributed by atoms with van der Waals surface area (Å²) in [4.78, 5) is 34.2. The van der Waals surface area contributed by atoms with Crippen molar-refractivity contribution in [3.8, 4) is 0 Å². The van der Waals surface area contributed by atoms with Crippen LogP contribution in [0.25, 0.3) is 0 Å². The highest BCUT2D eigenvalue weighted by Crippen LogP contribution is 2.30. The van der Waals surface area contributed by atoms with Crippen LogP contribution in [-0.2, 0) is 14.4 Å². The average molecular weight is 293 g/mol. The van der Waals surface area contributed by atoms with E-state index >= 15 is 0 Å². The van der Waals surface area contributed by atoms with Crippen LogP contribution in [0.1, 0.15) is 26.7 Å². The van der Waals surface area contributed by atoms with Gasteiger partial charge in [0, 0.05) is 5.92 Å². The Balaban J connectivity index is 1.98. The van der Waals surface area contributed by atoms with Crippen LogP contribution in [0.4, 0.5) is 5.82 Å². The molecule has 1 aromatic heterocycles. The molecular weight excluding hydrogens is 278 g/mol. The van der Waals surface area contributed by atoms with Gasteiger partial charge in [-0.3, -0.25) is 14.4 Å². The molecule has 0 unspecified atom stereocenters. The fourth-order valence-corrected chi connectivity index (χ4v) is 2.40. The number of hydrogen-bond acceptors (Lipinski definition) is 6. The molecule has 0 aromatic carbocycles. The van der Waals surface area contributed by atoms with Gasteiger partial charge in [-0.2, -0.15) is 0 Å². The molecule has 0 saturated heterocycles. The molecule has 0 aliphatic heterocycles. The Morgan fingerprint density at radius 1 is 1.20 bits per heavy atom. The van der Waals surface area contributed by atoms with Crippen LogP contribution in [0.3, 0.4) is 0 Å². The average Bonchev–Trinajstić information content (AvgIpc) is 3.21. The van der Waals surface area contributed by atoms with Crippen molar-refractivity contribution in [2.45, 2.75) is 37.0 Å². The third-order valence-corrected chi connectivity index (χ3v) is 4.18. The van der Waals surface area contributed by atoms with Crippen molar-refractivity contribution >= 4 is 35.1 Å². The number of thioether (sulfide) groups is 1. The van der Waals surface area contributed by atoms with Crippen molar-refractivity contribution in [1.82, 2.24) is 10.2 Å². The van der Waals surface area contributed by atoms with E-state index in [1.54, 1.807) is 12.1 Å². The maximum atomic E-state index is 11.5. The molecule has 2 rings (SSSR count). The van der Waals surface area contributed by atoms with Crippen molar-refractivity contribution in [1.29, 1.82) is 0 Å². The minimum absolute atomic E-state index is 0.0370. The Bertz CT molecular complexity index is 526. The third kappa shape index (κ3) is 3.86. The zero-order valence-electron chi connectivity index (χ0n) is 11.3. The Morgan fingerprint density at radius 2 is 1.85 bits per heavy atom. The first-order chi connectivity index (χ1) is 9.47. The molecule has 1 heterocycles. The molecule has 1 saturated carbocycles. The first-order valence-corrected chi connectivity index (χ1v) is 7.17. The van der Waals surface area contributed by atoms with Crippen LogP contribution in [-0.4, -0.2) is 32.9 Å². The maximum Gasteiger partial charge on any atom is 0.228 e. The van der Waals surface area contributed by atoms with Crippen LogP contribution >= 0.6 is 11.8 Å². The molecule has 1 N–H and O–H groups in total. The number of amides is 1. The number of hydrogen-bond donors (Lipinski definition) is 1. The van der Waals surface area contributed by atoms with E-state index in [4.69, 9.17) is 0 Å². The summed E-state index contributed by atoms with van der Waals surface area (Å²) in [7, 11) is 0. The van der Waals surface area contributed by atoms with Crippen molar-refractivity contribution in [2.24, 2.45) is 5.92 Å². The number of aromatic nitrogens is 2. The van der Waals surface area contributed by atoms with E-state index in [2.05, 4.69) is 15.5 Å². The Hall–Kier alpha value is -1.76. The molecule has 1 amide bonds. The van der Waals surface area contributed by atoms with E-state index in [1.165, 1.54) is 13.8 Å². The molecule has 0 bridgehead atoms. The molecule has 20 heavy (non-hydrogen) atoms. The van der Waals surface area contributed by atoms with E-state index in [0.717, 1.165) is 24.6 Å². The number of carbonyl (C=O) groups is 3. The van der Waals surface area contributed by atoms with Crippen LogP contribution in [0.5, 0.6) is 0 Å². The van der Waals surface area contributed by atoms with Crippen molar-refractivity contribution in [3.63, 3.8) is 0 Å². The molecule has 7 heteroatoms. The fourth-order valence-electron chi connectivity index (χ4n) is 1.60. The number of Topliss-reactive ketones (excluding diaryl/α,β-unsaturated/α-hetero) is 2. The van der Waals surface area contributed by atoms with Gasteiger partial charge < -0.3 is 5.32 Å². The van der Waals surface area contributed by atoms with Gasteiger partial charge in [-0.25, -0.2) is 0 Å². The molecule has 6 nitrogen and oxygen atoms in total. The van der Waals surface area contributed by atoms with E-state index < -0.39 is 5.25 Å². The minimum Gasteiger partial charge on any atom is -0.309 e. The van der Waals surface area contributed by atoms with E-state index in [-0.39, 0.29) is 23.4 Å². The lowest BCUT2D eigenvalue weighted by Gasteiger charge is -2.09. The van der Waals surface area contributed by atoms with Crippen LogP contribution in [0.15, 0.2) is 17.2 Å². The molecule has 1 fully saturated rings. The number of anilines is 1. The first-order valence-electron chi connectivity index (χ1n) is 6.29. The highest BCUT2D eigenvalue weighted by molar-refractivity contribution is 8.01. The molecule has 1 aromatic rings. The predicted molar refractivity (Wildman–Crippen MR) is 74.4 cm³/mol. The Morgan fingerprint density at radius 3 is 2.30 bits per heavy atom. The van der Waals surface area contributed by atoms with Crippen molar-refractivity contribution in [3.05, 3.63) is 12.1 Å². The topological polar surface area (TPSA) is 89.0 Å². The molecule has 0 atom stereocenters. The molecule has 0 spiro atoms. The van der Waals surface area contributed by atoms with Gasteiger partial charge in [-0.15, -0.1) is 10.2 Å². The maximum absolute atomic E-state index is 11.5. The van der Waals surface area contributed by atoms with Crippen LogP contribution in [0, 0.1) is 5.92 Å². The second-order valence-corrected chi connectivity index (χ2v) is 5.86. The van der Waals surface area contributed by atoms with Gasteiger partial charge in [0.05, 0.1) is 0 Å². The summed E-state index contributed by atoms with van der Waals surface area (Å²) in [5, 5.41) is 10.2. The van der Waals surface area contributed by atoms with Gasteiger partial charge in [0.1, 0.15) is 10.3 Å². The highest BCUT2D eigenvalue weighted by Gasteiger charge is 2.29. The SMILES string of the molecule is CC(=O)C(Sc1ccc(NC(=O)C2CC2)nn1)C(C)=O. The van der Waals surface area contributed by atoms with Gasteiger partial charge in [0.15, 0.2) is 17.4 Å². The van der Waals surface area contributed by atoms with Crippen molar-refractivity contribution < 1.29 is 14.4 Å². The fraction of sp³-hybridized carbons (Fsp3) is 0.462. The summed E-state index contributed by atoms with van der Waals surface area (Å²) in [5.74, 6) is 0.0231. The number of nitrogens with zero attached hydrogens (tertiary/aromatic N) is 2. The molecular formula is C13H15N3O3S. The lowest BCUT2D eigenvalue weighted by Crippen LogP contribution is -2.22. The number of carbonyl (C=O) groups excluding carboxylic acids is 3.